The van der Waals surface area contributed by atoms with E-state index < -0.39 is 0 Å². The summed E-state index contributed by atoms with van der Waals surface area (Å²) in [7, 11) is 0. The Labute approximate surface area is 82.5 Å². The fourth-order valence-corrected chi connectivity index (χ4v) is 0.987. The molecule has 0 saturated heterocycles. The highest BCUT2D eigenvalue weighted by Gasteiger charge is 1.96. The summed E-state index contributed by atoms with van der Waals surface area (Å²) < 4.78 is 17.8. The van der Waals surface area contributed by atoms with Crippen LogP contribution in [0.4, 0.5) is 4.39 Å². The van der Waals surface area contributed by atoms with Crippen LogP contribution < -0.4 is 0 Å². The molecule has 0 saturated carbocycles. The average Bonchev–Trinajstić information content (AvgIpc) is 2.15. The third kappa shape index (κ3) is 3.39. The maximum Gasteiger partial charge on any atom is 0.205 e. The molecular formula is C11H12FNO. The molecular weight excluding hydrogens is 181 g/mol. The fraction of sp³-hybridized carbons (Fsp3) is 0.182. The molecule has 0 fully saturated rings. The van der Waals surface area contributed by atoms with Crippen molar-refractivity contribution < 1.29 is 9.13 Å². The Morgan fingerprint density at radius 3 is 3.00 bits per heavy atom. The molecule has 1 aromatic rings. The summed E-state index contributed by atoms with van der Waals surface area (Å²) in [5.41, 5.74) is 0.722. The van der Waals surface area contributed by atoms with Crippen LogP contribution in [0.2, 0.25) is 0 Å². The molecule has 0 spiro atoms. The van der Waals surface area contributed by atoms with Crippen molar-refractivity contribution in [2.75, 3.05) is 0 Å². The SMILES string of the molecule is CC=CC(=N)OCc1cccc(F)c1. The Hall–Kier alpha value is -1.64. The molecule has 0 atom stereocenters. The van der Waals surface area contributed by atoms with Crippen molar-refractivity contribution in [3.05, 3.63) is 47.8 Å². The lowest BCUT2D eigenvalue weighted by molar-refractivity contribution is 0.292. The minimum Gasteiger partial charge on any atom is -0.473 e. The minimum absolute atomic E-state index is 0.0803. The van der Waals surface area contributed by atoms with Gasteiger partial charge in [0.1, 0.15) is 12.4 Å². The standard InChI is InChI=1S/C11H12FNO/c1-2-4-11(13)14-8-9-5-3-6-10(12)7-9/h2-7,13H,8H2,1H3. The van der Waals surface area contributed by atoms with Crippen LogP contribution in [0, 0.1) is 11.2 Å². The average molecular weight is 193 g/mol. The number of nitrogens with one attached hydrogen (secondary N) is 1. The Kier molecular flexibility index (Phi) is 3.85. The van der Waals surface area contributed by atoms with Crippen molar-refractivity contribution in [2.24, 2.45) is 0 Å². The molecule has 0 aliphatic rings. The second kappa shape index (κ2) is 5.17. The van der Waals surface area contributed by atoms with Crippen molar-refractivity contribution in [1.82, 2.24) is 0 Å². The van der Waals surface area contributed by atoms with E-state index in [1.54, 1.807) is 31.2 Å². The van der Waals surface area contributed by atoms with E-state index in [0.717, 1.165) is 5.56 Å². The largest absolute Gasteiger partial charge is 0.473 e. The summed E-state index contributed by atoms with van der Waals surface area (Å²) in [6.45, 7) is 2.03. The van der Waals surface area contributed by atoms with Gasteiger partial charge in [0, 0.05) is 0 Å². The van der Waals surface area contributed by atoms with Gasteiger partial charge in [-0.3, -0.25) is 5.41 Å². The highest BCUT2D eigenvalue weighted by molar-refractivity contribution is 5.84. The zero-order chi connectivity index (χ0) is 10.4. The molecule has 0 heterocycles. The van der Waals surface area contributed by atoms with Gasteiger partial charge in [-0.2, -0.15) is 0 Å². The minimum atomic E-state index is -0.288. The molecule has 0 aliphatic heterocycles. The third-order valence-electron chi connectivity index (χ3n) is 1.60. The first-order valence-corrected chi connectivity index (χ1v) is 4.31. The second-order valence-corrected chi connectivity index (χ2v) is 2.78. The van der Waals surface area contributed by atoms with E-state index in [9.17, 15) is 4.39 Å². The van der Waals surface area contributed by atoms with Gasteiger partial charge in [0.05, 0.1) is 0 Å². The number of rotatable bonds is 3. The topological polar surface area (TPSA) is 33.1 Å². The zero-order valence-electron chi connectivity index (χ0n) is 7.96. The number of hydrogen-bond donors (Lipinski definition) is 1. The monoisotopic (exact) mass is 193 g/mol. The maximum atomic E-state index is 12.7. The molecule has 0 aliphatic carbocycles. The summed E-state index contributed by atoms with van der Waals surface area (Å²) >= 11 is 0. The van der Waals surface area contributed by atoms with Crippen LogP contribution in [-0.2, 0) is 11.3 Å². The first-order chi connectivity index (χ1) is 6.72. The predicted octanol–water partition coefficient (Wildman–Crippen LogP) is 2.90. The Balaban J connectivity index is 2.49. The smallest absolute Gasteiger partial charge is 0.205 e. The van der Waals surface area contributed by atoms with E-state index in [1.807, 2.05) is 0 Å². The zero-order valence-corrected chi connectivity index (χ0v) is 7.96. The van der Waals surface area contributed by atoms with E-state index in [1.165, 1.54) is 12.1 Å². The van der Waals surface area contributed by atoms with Crippen LogP contribution in [-0.4, -0.2) is 5.90 Å². The molecule has 3 heteroatoms. The second-order valence-electron chi connectivity index (χ2n) is 2.78. The molecule has 0 radical (unpaired) electrons. The van der Waals surface area contributed by atoms with Gasteiger partial charge in [0.15, 0.2) is 0 Å². The Morgan fingerprint density at radius 1 is 1.57 bits per heavy atom. The summed E-state index contributed by atoms with van der Waals surface area (Å²) in [4.78, 5) is 0. The summed E-state index contributed by atoms with van der Waals surface area (Å²) in [5.74, 6) is -0.208. The number of ether oxygens (including phenoxy) is 1. The number of allylic oxidation sites excluding steroid dienone is 1. The molecule has 0 bridgehead atoms. The van der Waals surface area contributed by atoms with Gasteiger partial charge in [-0.25, -0.2) is 4.39 Å². The van der Waals surface area contributed by atoms with Crippen LogP contribution in [0.15, 0.2) is 36.4 Å². The van der Waals surface area contributed by atoms with Crippen molar-refractivity contribution in [2.45, 2.75) is 13.5 Å². The number of benzene rings is 1. The predicted molar refractivity (Wildman–Crippen MR) is 53.7 cm³/mol. The van der Waals surface area contributed by atoms with E-state index in [4.69, 9.17) is 10.1 Å². The quantitative estimate of drug-likeness (QED) is 0.581. The molecule has 1 aromatic carbocycles. The van der Waals surface area contributed by atoms with Crippen molar-refractivity contribution >= 4 is 5.90 Å². The van der Waals surface area contributed by atoms with Crippen molar-refractivity contribution in [3.63, 3.8) is 0 Å². The lowest BCUT2D eigenvalue weighted by Gasteiger charge is -2.03. The number of hydrogen-bond acceptors (Lipinski definition) is 2. The molecule has 1 N–H and O–H groups in total. The van der Waals surface area contributed by atoms with Gasteiger partial charge in [-0.1, -0.05) is 18.2 Å². The summed E-state index contributed by atoms with van der Waals surface area (Å²) in [5, 5.41) is 7.29. The van der Waals surface area contributed by atoms with Crippen LogP contribution in [0.25, 0.3) is 0 Å². The van der Waals surface area contributed by atoms with E-state index >= 15 is 0 Å². The van der Waals surface area contributed by atoms with Gasteiger partial charge in [-0.05, 0) is 30.7 Å². The van der Waals surface area contributed by atoms with Crippen LogP contribution >= 0.6 is 0 Å². The summed E-state index contributed by atoms with van der Waals surface area (Å²) in [6.07, 6.45) is 3.26. The summed E-state index contributed by atoms with van der Waals surface area (Å²) in [6, 6.07) is 6.14. The lowest BCUT2D eigenvalue weighted by Crippen LogP contribution is -1.99. The molecule has 1 rings (SSSR count). The molecule has 14 heavy (non-hydrogen) atoms. The normalized spacial score (nSPS) is 10.4. The molecule has 0 unspecified atom stereocenters. The lowest BCUT2D eigenvalue weighted by atomic mass is 10.2. The van der Waals surface area contributed by atoms with Gasteiger partial charge in [0.2, 0.25) is 5.90 Å². The molecule has 74 valence electrons. The molecule has 0 aromatic heterocycles. The Morgan fingerprint density at radius 2 is 2.36 bits per heavy atom. The highest BCUT2D eigenvalue weighted by Crippen LogP contribution is 2.05. The Bertz CT molecular complexity index is 347. The fourth-order valence-electron chi connectivity index (χ4n) is 0.987. The van der Waals surface area contributed by atoms with Crippen LogP contribution in [0.1, 0.15) is 12.5 Å². The first-order valence-electron chi connectivity index (χ1n) is 4.31. The molecule has 0 amide bonds. The van der Waals surface area contributed by atoms with Crippen LogP contribution in [0.3, 0.4) is 0 Å². The first kappa shape index (κ1) is 10.4. The number of halogens is 1. The van der Waals surface area contributed by atoms with E-state index in [2.05, 4.69) is 0 Å². The third-order valence-corrected chi connectivity index (χ3v) is 1.60. The van der Waals surface area contributed by atoms with E-state index in [-0.39, 0.29) is 18.3 Å². The van der Waals surface area contributed by atoms with E-state index in [0.29, 0.717) is 0 Å². The van der Waals surface area contributed by atoms with Gasteiger partial charge in [-0.15, -0.1) is 0 Å². The van der Waals surface area contributed by atoms with Gasteiger partial charge < -0.3 is 4.74 Å². The van der Waals surface area contributed by atoms with Gasteiger partial charge >= 0.3 is 0 Å². The maximum absolute atomic E-state index is 12.7. The highest BCUT2D eigenvalue weighted by atomic mass is 19.1. The van der Waals surface area contributed by atoms with Crippen molar-refractivity contribution in [1.29, 1.82) is 5.41 Å². The molecule has 2 nitrogen and oxygen atoms in total. The van der Waals surface area contributed by atoms with Crippen LogP contribution in [0.5, 0.6) is 0 Å². The van der Waals surface area contributed by atoms with Gasteiger partial charge in [0.25, 0.3) is 0 Å². The van der Waals surface area contributed by atoms with Crippen molar-refractivity contribution in [3.8, 4) is 0 Å².